The van der Waals surface area contributed by atoms with E-state index in [-0.39, 0.29) is 35.5 Å². The molecular formula is C16H12ClF3N4O2. The number of hydrogen-bond acceptors (Lipinski definition) is 5. The molecule has 26 heavy (non-hydrogen) atoms. The summed E-state index contributed by atoms with van der Waals surface area (Å²) in [6.07, 6.45) is -0.339. The monoisotopic (exact) mass is 384 g/mol. The Labute approximate surface area is 150 Å². The molecule has 0 amide bonds. The SMILES string of the molecule is OCc1ccn(-c2ncc(OCc3c(Cl)cccc3C(F)(F)F)cn2)n1. The minimum atomic E-state index is -4.53. The third-order valence-electron chi connectivity index (χ3n) is 3.43. The van der Waals surface area contributed by atoms with Crippen LogP contribution in [0.25, 0.3) is 5.95 Å². The second-order valence-corrected chi connectivity index (χ2v) is 5.59. The lowest BCUT2D eigenvalue weighted by Crippen LogP contribution is -2.11. The molecule has 3 rings (SSSR count). The van der Waals surface area contributed by atoms with Crippen molar-refractivity contribution in [2.75, 3.05) is 0 Å². The van der Waals surface area contributed by atoms with Gasteiger partial charge in [0.05, 0.1) is 30.3 Å². The molecule has 0 bridgehead atoms. The normalized spacial score (nSPS) is 11.6. The van der Waals surface area contributed by atoms with Crippen LogP contribution in [0.15, 0.2) is 42.9 Å². The molecule has 0 saturated carbocycles. The molecular weight excluding hydrogens is 373 g/mol. The van der Waals surface area contributed by atoms with Crippen LogP contribution in [0.3, 0.4) is 0 Å². The first-order valence-electron chi connectivity index (χ1n) is 7.33. The Balaban J connectivity index is 1.75. The highest BCUT2D eigenvalue weighted by Crippen LogP contribution is 2.35. The third-order valence-corrected chi connectivity index (χ3v) is 3.79. The number of rotatable bonds is 5. The summed E-state index contributed by atoms with van der Waals surface area (Å²) in [7, 11) is 0. The van der Waals surface area contributed by atoms with E-state index >= 15 is 0 Å². The molecule has 0 aliphatic heterocycles. The van der Waals surface area contributed by atoms with E-state index in [0.717, 1.165) is 6.07 Å². The van der Waals surface area contributed by atoms with Crippen LogP contribution in [-0.4, -0.2) is 24.9 Å². The van der Waals surface area contributed by atoms with Gasteiger partial charge < -0.3 is 9.84 Å². The number of nitrogens with zero attached hydrogens (tertiary/aromatic N) is 4. The first-order valence-corrected chi connectivity index (χ1v) is 7.71. The zero-order valence-electron chi connectivity index (χ0n) is 13.1. The average Bonchev–Trinajstić information content (AvgIpc) is 3.09. The first-order chi connectivity index (χ1) is 12.4. The Morgan fingerprint density at radius 1 is 1.15 bits per heavy atom. The summed E-state index contributed by atoms with van der Waals surface area (Å²) < 4.78 is 45.9. The molecule has 0 fully saturated rings. The van der Waals surface area contributed by atoms with Crippen LogP contribution in [0.5, 0.6) is 5.75 Å². The van der Waals surface area contributed by atoms with Gasteiger partial charge in [-0.05, 0) is 18.2 Å². The Bertz CT molecular complexity index is 897. The summed E-state index contributed by atoms with van der Waals surface area (Å²) >= 11 is 5.88. The summed E-state index contributed by atoms with van der Waals surface area (Å²) in [4.78, 5) is 8.06. The number of aliphatic hydroxyl groups is 1. The quantitative estimate of drug-likeness (QED) is 0.729. The molecule has 2 aromatic heterocycles. The topological polar surface area (TPSA) is 73.1 Å². The summed E-state index contributed by atoms with van der Waals surface area (Å²) in [5.41, 5.74) is -0.562. The van der Waals surface area contributed by atoms with Crippen molar-refractivity contribution in [2.45, 2.75) is 19.4 Å². The van der Waals surface area contributed by atoms with Crippen molar-refractivity contribution in [2.24, 2.45) is 0 Å². The van der Waals surface area contributed by atoms with Crippen molar-refractivity contribution in [1.29, 1.82) is 0 Å². The van der Waals surface area contributed by atoms with Gasteiger partial charge in [0, 0.05) is 16.8 Å². The van der Waals surface area contributed by atoms with E-state index < -0.39 is 11.7 Å². The lowest BCUT2D eigenvalue weighted by Gasteiger charge is -2.14. The maximum absolute atomic E-state index is 13.1. The van der Waals surface area contributed by atoms with Crippen molar-refractivity contribution in [3.63, 3.8) is 0 Å². The number of aromatic nitrogens is 4. The molecule has 136 valence electrons. The Morgan fingerprint density at radius 3 is 2.50 bits per heavy atom. The first kappa shape index (κ1) is 18.2. The minimum absolute atomic E-state index is 0.0366. The molecule has 10 heteroatoms. The Morgan fingerprint density at radius 2 is 1.88 bits per heavy atom. The van der Waals surface area contributed by atoms with Gasteiger partial charge >= 0.3 is 6.18 Å². The summed E-state index contributed by atoms with van der Waals surface area (Å²) in [6, 6.07) is 5.15. The van der Waals surface area contributed by atoms with Crippen LogP contribution in [-0.2, 0) is 19.4 Å². The van der Waals surface area contributed by atoms with Crippen molar-refractivity contribution >= 4 is 11.6 Å². The molecule has 0 radical (unpaired) electrons. The molecule has 0 saturated heterocycles. The highest BCUT2D eigenvalue weighted by atomic mass is 35.5. The van der Waals surface area contributed by atoms with Crippen LogP contribution in [0.4, 0.5) is 13.2 Å². The van der Waals surface area contributed by atoms with Crippen LogP contribution in [0.1, 0.15) is 16.8 Å². The van der Waals surface area contributed by atoms with Crippen molar-refractivity contribution in [1.82, 2.24) is 19.7 Å². The van der Waals surface area contributed by atoms with E-state index in [4.69, 9.17) is 21.4 Å². The second-order valence-electron chi connectivity index (χ2n) is 5.18. The summed E-state index contributed by atoms with van der Waals surface area (Å²) in [6.45, 7) is -0.596. The van der Waals surface area contributed by atoms with Gasteiger partial charge in [0.2, 0.25) is 0 Å². The smallest absolute Gasteiger partial charge is 0.416 e. The van der Waals surface area contributed by atoms with Crippen molar-refractivity contribution < 1.29 is 23.0 Å². The van der Waals surface area contributed by atoms with Crippen molar-refractivity contribution in [3.8, 4) is 11.7 Å². The van der Waals surface area contributed by atoms with Crippen LogP contribution in [0, 0.1) is 0 Å². The van der Waals surface area contributed by atoms with E-state index in [0.29, 0.717) is 5.69 Å². The van der Waals surface area contributed by atoms with Crippen LogP contribution >= 0.6 is 11.6 Å². The number of alkyl halides is 3. The van der Waals surface area contributed by atoms with Gasteiger partial charge in [-0.25, -0.2) is 14.6 Å². The highest BCUT2D eigenvalue weighted by molar-refractivity contribution is 6.31. The standard InChI is InChI=1S/C16H12ClF3N4O2/c17-14-3-1-2-13(16(18,19)20)12(14)9-26-11-6-21-15(22-7-11)24-5-4-10(8-25)23-24/h1-7,25H,8-9H2. The fraction of sp³-hybridized carbons (Fsp3) is 0.188. The molecule has 0 aliphatic rings. The number of ether oxygens (including phenoxy) is 1. The van der Waals surface area contributed by atoms with Gasteiger partial charge in [-0.2, -0.15) is 18.3 Å². The molecule has 3 aromatic rings. The largest absolute Gasteiger partial charge is 0.486 e. The van der Waals surface area contributed by atoms with Crippen LogP contribution < -0.4 is 4.74 Å². The fourth-order valence-corrected chi connectivity index (χ4v) is 2.42. The van der Waals surface area contributed by atoms with Gasteiger partial charge in [0.25, 0.3) is 5.95 Å². The minimum Gasteiger partial charge on any atom is -0.486 e. The summed E-state index contributed by atoms with van der Waals surface area (Å²) in [5, 5.41) is 13.0. The van der Waals surface area contributed by atoms with E-state index in [1.54, 1.807) is 12.3 Å². The third kappa shape index (κ3) is 3.94. The maximum atomic E-state index is 13.1. The molecule has 6 nitrogen and oxygen atoms in total. The lowest BCUT2D eigenvalue weighted by molar-refractivity contribution is -0.138. The van der Waals surface area contributed by atoms with Crippen molar-refractivity contribution in [3.05, 3.63) is 64.7 Å². The van der Waals surface area contributed by atoms with Gasteiger partial charge in [-0.1, -0.05) is 17.7 Å². The van der Waals surface area contributed by atoms with E-state index in [2.05, 4.69) is 15.1 Å². The van der Waals surface area contributed by atoms with E-state index in [1.807, 2.05) is 0 Å². The van der Waals surface area contributed by atoms with Gasteiger partial charge in [-0.3, -0.25) is 0 Å². The number of benzene rings is 1. The zero-order valence-corrected chi connectivity index (χ0v) is 13.9. The van der Waals surface area contributed by atoms with Gasteiger partial charge in [0.1, 0.15) is 6.61 Å². The highest BCUT2D eigenvalue weighted by Gasteiger charge is 2.34. The van der Waals surface area contributed by atoms with Gasteiger partial charge in [-0.15, -0.1) is 0 Å². The zero-order chi connectivity index (χ0) is 18.7. The molecule has 1 aromatic carbocycles. The number of aliphatic hydroxyl groups excluding tert-OH is 1. The molecule has 0 atom stereocenters. The summed E-state index contributed by atoms with van der Waals surface area (Å²) in [5.74, 6) is 0.405. The molecule has 0 aliphatic carbocycles. The van der Waals surface area contributed by atoms with Crippen LogP contribution in [0.2, 0.25) is 5.02 Å². The van der Waals surface area contributed by atoms with E-state index in [1.165, 1.54) is 29.2 Å². The molecule has 0 unspecified atom stereocenters. The molecule has 1 N–H and O–H groups in total. The van der Waals surface area contributed by atoms with E-state index in [9.17, 15) is 13.2 Å². The lowest BCUT2D eigenvalue weighted by atomic mass is 10.1. The number of halogens is 4. The Hall–Kier alpha value is -2.65. The molecule has 0 spiro atoms. The predicted octanol–water partition coefficient (Wildman–Crippen LogP) is 3.41. The van der Waals surface area contributed by atoms with Gasteiger partial charge in [0.15, 0.2) is 5.75 Å². The number of hydrogen-bond donors (Lipinski definition) is 1. The maximum Gasteiger partial charge on any atom is 0.416 e. The molecule has 2 heterocycles. The predicted molar refractivity (Wildman–Crippen MR) is 85.9 cm³/mol. The average molecular weight is 385 g/mol. The second kappa shape index (κ2) is 7.30. The Kier molecular flexibility index (Phi) is 5.10. The fourth-order valence-electron chi connectivity index (χ4n) is 2.19.